The van der Waals surface area contributed by atoms with Crippen molar-refractivity contribution >= 4 is 28.1 Å². The zero-order chi connectivity index (χ0) is 13.1. The molecular weight excluding hydrogens is 336 g/mol. The summed E-state index contributed by atoms with van der Waals surface area (Å²) in [7, 11) is 1.71. The fourth-order valence-electron chi connectivity index (χ4n) is 2.09. The van der Waals surface area contributed by atoms with Gasteiger partial charge in [-0.2, -0.15) is 0 Å². The Bertz CT molecular complexity index is 521. The zero-order valence-corrected chi connectivity index (χ0v) is 13.6. The molecule has 94 valence electrons. The van der Waals surface area contributed by atoms with E-state index in [1.54, 1.807) is 10.7 Å². The summed E-state index contributed by atoms with van der Waals surface area (Å²) in [5, 5.41) is 0. The molecule has 0 saturated carbocycles. The van der Waals surface area contributed by atoms with Crippen molar-refractivity contribution in [1.29, 1.82) is 0 Å². The summed E-state index contributed by atoms with van der Waals surface area (Å²) in [5.41, 5.74) is 4.23. The van der Waals surface area contributed by atoms with Gasteiger partial charge in [-0.1, -0.05) is 0 Å². The molecule has 0 atom stereocenters. The van der Waals surface area contributed by atoms with Gasteiger partial charge in [0.2, 0.25) is 0 Å². The van der Waals surface area contributed by atoms with Crippen LogP contribution in [0.25, 0.3) is 0 Å². The van der Waals surface area contributed by atoms with Crippen LogP contribution in [0.5, 0.6) is 5.75 Å². The maximum atomic E-state index is 5.20. The third-order valence-electron chi connectivity index (χ3n) is 2.88. The molecular formula is C16H18OTe. The summed E-state index contributed by atoms with van der Waals surface area (Å²) in [4.78, 5) is 0. The van der Waals surface area contributed by atoms with Crippen molar-refractivity contribution in [3.63, 3.8) is 0 Å². The van der Waals surface area contributed by atoms with Crippen molar-refractivity contribution in [2.24, 2.45) is 0 Å². The predicted octanol–water partition coefficient (Wildman–Crippen LogP) is 2.28. The van der Waals surface area contributed by atoms with Gasteiger partial charge in [0.05, 0.1) is 0 Å². The first-order valence-corrected chi connectivity index (χ1v) is 8.33. The Balaban J connectivity index is 2.28. The molecule has 0 bridgehead atoms. The van der Waals surface area contributed by atoms with Crippen LogP contribution < -0.4 is 12.0 Å². The molecule has 0 spiro atoms. The number of aryl methyl sites for hydroxylation is 3. The quantitative estimate of drug-likeness (QED) is 0.769. The second-order valence-electron chi connectivity index (χ2n) is 4.51. The molecule has 0 radical (unpaired) electrons. The summed E-state index contributed by atoms with van der Waals surface area (Å²) in [6.45, 7) is 6.62. The first kappa shape index (κ1) is 13.5. The fraction of sp³-hybridized carbons (Fsp3) is 0.250. The molecule has 2 aromatic carbocycles. The van der Waals surface area contributed by atoms with E-state index in [4.69, 9.17) is 4.74 Å². The summed E-state index contributed by atoms with van der Waals surface area (Å²) in [6, 6.07) is 13.1. The first-order chi connectivity index (χ1) is 8.60. The third kappa shape index (κ3) is 3.07. The van der Waals surface area contributed by atoms with Crippen LogP contribution in [-0.4, -0.2) is 28.0 Å². The summed E-state index contributed by atoms with van der Waals surface area (Å²) < 4.78 is 8.22. The van der Waals surface area contributed by atoms with Gasteiger partial charge < -0.3 is 0 Å². The fourth-order valence-corrected chi connectivity index (χ4v) is 4.79. The Morgan fingerprint density at radius 3 is 1.94 bits per heavy atom. The van der Waals surface area contributed by atoms with E-state index in [1.165, 1.54) is 20.3 Å². The number of rotatable bonds is 3. The average molecular weight is 354 g/mol. The van der Waals surface area contributed by atoms with Crippen LogP contribution >= 0.6 is 0 Å². The van der Waals surface area contributed by atoms with Crippen molar-refractivity contribution in [2.75, 3.05) is 7.11 Å². The number of hydrogen-bond donors (Lipinski definition) is 0. The predicted molar refractivity (Wildman–Crippen MR) is 78.7 cm³/mol. The summed E-state index contributed by atoms with van der Waals surface area (Å²) in [6.07, 6.45) is 0. The molecule has 0 fully saturated rings. The molecule has 1 nitrogen and oxygen atoms in total. The van der Waals surface area contributed by atoms with Gasteiger partial charge in [0.15, 0.2) is 0 Å². The number of ether oxygens (including phenoxy) is 1. The van der Waals surface area contributed by atoms with Crippen LogP contribution in [0.4, 0.5) is 0 Å². The van der Waals surface area contributed by atoms with Gasteiger partial charge in [-0.25, -0.2) is 0 Å². The molecule has 18 heavy (non-hydrogen) atoms. The molecule has 2 heteroatoms. The van der Waals surface area contributed by atoms with Crippen molar-refractivity contribution in [1.82, 2.24) is 0 Å². The van der Waals surface area contributed by atoms with Crippen molar-refractivity contribution in [3.05, 3.63) is 53.1 Å². The van der Waals surface area contributed by atoms with Crippen LogP contribution in [0.15, 0.2) is 36.4 Å². The number of hydrogen-bond acceptors (Lipinski definition) is 1. The van der Waals surface area contributed by atoms with E-state index >= 15 is 0 Å². The van der Waals surface area contributed by atoms with Crippen molar-refractivity contribution in [2.45, 2.75) is 20.8 Å². The monoisotopic (exact) mass is 356 g/mol. The van der Waals surface area contributed by atoms with Gasteiger partial charge in [0, 0.05) is 0 Å². The van der Waals surface area contributed by atoms with Gasteiger partial charge in [-0.15, -0.1) is 0 Å². The maximum absolute atomic E-state index is 5.20. The van der Waals surface area contributed by atoms with Crippen LogP contribution in [0.1, 0.15) is 16.7 Å². The molecule has 0 saturated heterocycles. The van der Waals surface area contributed by atoms with Crippen LogP contribution in [0, 0.1) is 20.8 Å². The molecule has 2 rings (SSSR count). The Hall–Kier alpha value is -0.970. The Morgan fingerprint density at radius 2 is 1.44 bits per heavy atom. The van der Waals surface area contributed by atoms with Gasteiger partial charge in [0.25, 0.3) is 0 Å². The van der Waals surface area contributed by atoms with Crippen molar-refractivity contribution in [3.8, 4) is 5.75 Å². The summed E-state index contributed by atoms with van der Waals surface area (Å²) in [5.74, 6) is 0.934. The van der Waals surface area contributed by atoms with Gasteiger partial charge >= 0.3 is 120 Å². The molecule has 0 aliphatic carbocycles. The van der Waals surface area contributed by atoms with E-state index in [0.717, 1.165) is 5.75 Å². The topological polar surface area (TPSA) is 9.23 Å². The van der Waals surface area contributed by atoms with E-state index in [0.29, 0.717) is 0 Å². The molecule has 0 amide bonds. The summed E-state index contributed by atoms with van der Waals surface area (Å²) >= 11 is -0.299. The molecule has 0 N–H and O–H groups in total. The number of methoxy groups -OCH3 is 1. The van der Waals surface area contributed by atoms with Gasteiger partial charge in [-0.05, 0) is 0 Å². The van der Waals surface area contributed by atoms with Crippen LogP contribution in [0.2, 0.25) is 0 Å². The van der Waals surface area contributed by atoms with Crippen molar-refractivity contribution < 1.29 is 4.74 Å². The minimum absolute atomic E-state index is 0.299. The Kier molecular flexibility index (Phi) is 4.32. The minimum atomic E-state index is -0.299. The molecule has 0 aliphatic rings. The van der Waals surface area contributed by atoms with E-state index in [-0.39, 0.29) is 20.9 Å². The third-order valence-corrected chi connectivity index (χ3v) is 6.75. The first-order valence-electron chi connectivity index (χ1n) is 6.00. The molecule has 2 aromatic rings. The van der Waals surface area contributed by atoms with E-state index in [1.807, 2.05) is 0 Å². The normalized spacial score (nSPS) is 10.4. The van der Waals surface area contributed by atoms with E-state index in [9.17, 15) is 0 Å². The van der Waals surface area contributed by atoms with Crippen LogP contribution in [0.3, 0.4) is 0 Å². The Labute approximate surface area is 119 Å². The number of benzene rings is 2. The molecule has 0 aromatic heterocycles. The second-order valence-corrected chi connectivity index (χ2v) is 7.60. The SMILES string of the molecule is COc1ccc([Te]c2c(C)cc(C)cc2C)cc1. The molecule has 0 aliphatic heterocycles. The standard InChI is InChI=1S/C16H18OTe/c1-11-9-12(2)16(13(3)10-11)18-15-7-5-14(17-4)6-8-15/h5-10H,1-4H3. The Morgan fingerprint density at radius 1 is 0.889 bits per heavy atom. The van der Waals surface area contributed by atoms with E-state index < -0.39 is 0 Å². The second kappa shape index (κ2) is 5.78. The average Bonchev–Trinajstić information content (AvgIpc) is 2.34. The zero-order valence-electron chi connectivity index (χ0n) is 11.3. The molecule has 0 unspecified atom stereocenters. The van der Waals surface area contributed by atoms with E-state index in [2.05, 4.69) is 57.2 Å². The van der Waals surface area contributed by atoms with Gasteiger partial charge in [-0.3, -0.25) is 0 Å². The van der Waals surface area contributed by atoms with Crippen LogP contribution in [-0.2, 0) is 0 Å². The van der Waals surface area contributed by atoms with Gasteiger partial charge in [0.1, 0.15) is 0 Å². The molecule has 0 heterocycles.